The lowest BCUT2D eigenvalue weighted by atomic mass is 9.94. The van der Waals surface area contributed by atoms with E-state index in [2.05, 4.69) is 26.1 Å². The van der Waals surface area contributed by atoms with E-state index in [1.54, 1.807) is 0 Å². The van der Waals surface area contributed by atoms with Crippen LogP contribution in [0.25, 0.3) is 0 Å². The largest absolute Gasteiger partial charge is 0.339 e. The summed E-state index contributed by atoms with van der Waals surface area (Å²) in [6.45, 7) is 4.37. The van der Waals surface area contributed by atoms with Gasteiger partial charge in [0, 0.05) is 37.7 Å². The molecule has 0 bridgehead atoms. The van der Waals surface area contributed by atoms with E-state index in [1.165, 1.54) is 17.5 Å². The van der Waals surface area contributed by atoms with Crippen LogP contribution in [0.4, 0.5) is 0 Å². The third-order valence-electron chi connectivity index (χ3n) is 6.17. The Morgan fingerprint density at radius 3 is 2.88 bits per heavy atom. The van der Waals surface area contributed by atoms with Crippen LogP contribution < -0.4 is 5.32 Å². The van der Waals surface area contributed by atoms with Crippen molar-refractivity contribution in [1.29, 1.82) is 0 Å². The first-order valence-electron chi connectivity index (χ1n) is 9.84. The summed E-state index contributed by atoms with van der Waals surface area (Å²) in [5, 5.41) is 12.2. The number of carbonyl (C=O) groups is 1. The number of aromatic nitrogens is 3. The molecule has 136 valence electrons. The number of hydrogen-bond acceptors (Lipinski definition) is 4. The van der Waals surface area contributed by atoms with Crippen LogP contribution in [0.2, 0.25) is 0 Å². The van der Waals surface area contributed by atoms with Gasteiger partial charge in [0.2, 0.25) is 0 Å². The molecule has 1 amide bonds. The molecule has 0 atom stereocenters. The highest BCUT2D eigenvalue weighted by Gasteiger charge is 2.30. The minimum Gasteiger partial charge on any atom is -0.339 e. The number of amides is 1. The molecule has 3 heterocycles. The zero-order chi connectivity index (χ0) is 17.5. The molecule has 6 heteroatoms. The second kappa shape index (κ2) is 6.50. The molecular formula is C20H25N5O. The van der Waals surface area contributed by atoms with E-state index in [1.807, 2.05) is 17.0 Å². The van der Waals surface area contributed by atoms with Crippen molar-refractivity contribution in [3.63, 3.8) is 0 Å². The van der Waals surface area contributed by atoms with Crippen molar-refractivity contribution in [2.45, 2.75) is 51.1 Å². The maximum Gasteiger partial charge on any atom is 0.254 e. The molecule has 1 aromatic heterocycles. The summed E-state index contributed by atoms with van der Waals surface area (Å²) in [6, 6.07) is 6.23. The first-order chi connectivity index (χ1) is 12.8. The van der Waals surface area contributed by atoms with E-state index in [-0.39, 0.29) is 5.91 Å². The Bertz CT molecular complexity index is 835. The lowest BCUT2D eigenvalue weighted by Crippen LogP contribution is -2.39. The summed E-state index contributed by atoms with van der Waals surface area (Å²) in [4.78, 5) is 15.1. The van der Waals surface area contributed by atoms with Crippen LogP contribution in [-0.2, 0) is 25.9 Å². The summed E-state index contributed by atoms with van der Waals surface area (Å²) < 4.78 is 2.28. The Hall–Kier alpha value is -2.21. The highest BCUT2D eigenvalue weighted by atomic mass is 16.2. The van der Waals surface area contributed by atoms with Crippen LogP contribution in [0, 0.1) is 0 Å². The van der Waals surface area contributed by atoms with Gasteiger partial charge >= 0.3 is 0 Å². The number of piperidine rings is 1. The van der Waals surface area contributed by atoms with Gasteiger partial charge in [0.1, 0.15) is 11.6 Å². The standard InChI is InChI=1S/C20H25N5O/c26-20(17-6-2-4-14-3-1-5-16(14)17)24-10-7-15(8-11-24)19-23-22-18-13-21-9-12-25(18)19/h2,4,6,15,21H,1,3,5,7-13H2. The van der Waals surface area contributed by atoms with Crippen LogP contribution in [0.3, 0.4) is 0 Å². The lowest BCUT2D eigenvalue weighted by Gasteiger charge is -2.32. The molecular weight excluding hydrogens is 326 g/mol. The van der Waals surface area contributed by atoms with Gasteiger partial charge in [-0.3, -0.25) is 4.79 Å². The van der Waals surface area contributed by atoms with E-state index in [9.17, 15) is 4.79 Å². The Morgan fingerprint density at radius 1 is 1.12 bits per heavy atom. The Balaban J connectivity index is 1.30. The molecule has 1 aromatic carbocycles. The molecule has 26 heavy (non-hydrogen) atoms. The van der Waals surface area contributed by atoms with Crippen LogP contribution in [0.5, 0.6) is 0 Å². The van der Waals surface area contributed by atoms with Gasteiger partial charge in [0.05, 0.1) is 6.54 Å². The van der Waals surface area contributed by atoms with Crippen LogP contribution >= 0.6 is 0 Å². The number of rotatable bonds is 2. The quantitative estimate of drug-likeness (QED) is 0.897. The number of aryl methyl sites for hydroxylation is 1. The predicted molar refractivity (Wildman–Crippen MR) is 98.1 cm³/mol. The number of likely N-dealkylation sites (tertiary alicyclic amines) is 1. The molecule has 1 fully saturated rings. The normalized spacial score (nSPS) is 20.1. The van der Waals surface area contributed by atoms with Crippen LogP contribution in [-0.4, -0.2) is 45.2 Å². The van der Waals surface area contributed by atoms with Gasteiger partial charge in [0.15, 0.2) is 0 Å². The van der Waals surface area contributed by atoms with Crippen molar-refractivity contribution in [3.8, 4) is 0 Å². The SMILES string of the molecule is O=C(c1cccc2c1CCC2)N1CCC(c2nnc3n2CCNC3)CC1. The molecule has 3 aliphatic rings. The lowest BCUT2D eigenvalue weighted by molar-refractivity contribution is 0.0709. The fraction of sp³-hybridized carbons (Fsp3) is 0.550. The monoisotopic (exact) mass is 351 g/mol. The number of fused-ring (bicyclic) bond motifs is 2. The first kappa shape index (κ1) is 16.0. The first-order valence-corrected chi connectivity index (χ1v) is 9.84. The van der Waals surface area contributed by atoms with Crippen molar-refractivity contribution >= 4 is 5.91 Å². The van der Waals surface area contributed by atoms with Crippen molar-refractivity contribution < 1.29 is 4.79 Å². The van der Waals surface area contributed by atoms with E-state index < -0.39 is 0 Å². The molecule has 2 aliphatic heterocycles. The molecule has 1 aliphatic carbocycles. The highest BCUT2D eigenvalue weighted by molar-refractivity contribution is 5.96. The Labute approximate surface area is 153 Å². The molecule has 1 N–H and O–H groups in total. The summed E-state index contributed by atoms with van der Waals surface area (Å²) in [5.74, 6) is 2.80. The second-order valence-electron chi connectivity index (χ2n) is 7.67. The third kappa shape index (κ3) is 2.63. The maximum atomic E-state index is 13.1. The molecule has 0 radical (unpaired) electrons. The molecule has 1 saturated heterocycles. The summed E-state index contributed by atoms with van der Waals surface area (Å²) >= 11 is 0. The minimum absolute atomic E-state index is 0.217. The van der Waals surface area contributed by atoms with Crippen LogP contribution in [0.15, 0.2) is 18.2 Å². The summed E-state index contributed by atoms with van der Waals surface area (Å²) in [5.41, 5.74) is 3.59. The maximum absolute atomic E-state index is 13.1. The van der Waals surface area contributed by atoms with Gasteiger partial charge in [-0.1, -0.05) is 12.1 Å². The molecule has 2 aromatic rings. The van der Waals surface area contributed by atoms with E-state index in [4.69, 9.17) is 0 Å². The Morgan fingerprint density at radius 2 is 2.00 bits per heavy atom. The van der Waals surface area contributed by atoms with Gasteiger partial charge in [-0.25, -0.2) is 0 Å². The van der Waals surface area contributed by atoms with Gasteiger partial charge in [-0.05, 0) is 49.3 Å². The van der Waals surface area contributed by atoms with Crippen LogP contribution in [0.1, 0.15) is 58.3 Å². The minimum atomic E-state index is 0.217. The molecule has 0 spiro atoms. The predicted octanol–water partition coefficient (Wildman–Crippen LogP) is 1.89. The molecule has 0 unspecified atom stereocenters. The van der Waals surface area contributed by atoms with E-state index >= 15 is 0 Å². The van der Waals surface area contributed by atoms with Gasteiger partial charge in [-0.15, -0.1) is 10.2 Å². The van der Waals surface area contributed by atoms with Gasteiger partial charge < -0.3 is 14.8 Å². The second-order valence-corrected chi connectivity index (χ2v) is 7.67. The fourth-order valence-corrected chi connectivity index (χ4v) is 4.75. The number of nitrogens with one attached hydrogen (secondary N) is 1. The van der Waals surface area contributed by atoms with Gasteiger partial charge in [0.25, 0.3) is 5.91 Å². The van der Waals surface area contributed by atoms with E-state index in [0.29, 0.717) is 5.92 Å². The molecule has 5 rings (SSSR count). The van der Waals surface area contributed by atoms with Crippen molar-refractivity contribution in [2.24, 2.45) is 0 Å². The smallest absolute Gasteiger partial charge is 0.254 e. The van der Waals surface area contributed by atoms with E-state index in [0.717, 1.165) is 75.6 Å². The van der Waals surface area contributed by atoms with Gasteiger partial charge in [-0.2, -0.15) is 0 Å². The summed E-state index contributed by atoms with van der Waals surface area (Å²) in [6.07, 6.45) is 5.30. The fourth-order valence-electron chi connectivity index (χ4n) is 4.75. The van der Waals surface area contributed by atoms with Crippen molar-refractivity contribution in [2.75, 3.05) is 19.6 Å². The highest BCUT2D eigenvalue weighted by Crippen LogP contribution is 2.30. The zero-order valence-electron chi connectivity index (χ0n) is 15.1. The summed E-state index contributed by atoms with van der Waals surface area (Å²) in [7, 11) is 0. The number of nitrogens with zero attached hydrogens (tertiary/aromatic N) is 4. The average Bonchev–Trinajstić information content (AvgIpc) is 3.34. The number of benzene rings is 1. The topological polar surface area (TPSA) is 63.1 Å². The Kier molecular flexibility index (Phi) is 4.00. The third-order valence-corrected chi connectivity index (χ3v) is 6.17. The average molecular weight is 351 g/mol. The molecule has 0 saturated carbocycles. The van der Waals surface area contributed by atoms with Crippen molar-refractivity contribution in [1.82, 2.24) is 25.0 Å². The number of carbonyl (C=O) groups excluding carboxylic acids is 1. The zero-order valence-corrected chi connectivity index (χ0v) is 15.1. The number of hydrogen-bond donors (Lipinski definition) is 1. The molecule has 6 nitrogen and oxygen atoms in total. The van der Waals surface area contributed by atoms with Crippen molar-refractivity contribution in [3.05, 3.63) is 46.5 Å².